The van der Waals surface area contributed by atoms with E-state index in [2.05, 4.69) is 47.7 Å². The number of hydrogen-bond acceptors (Lipinski definition) is 6. The number of hydrogen-bond donors (Lipinski definition) is 3. The molecule has 15 heavy (non-hydrogen) atoms. The summed E-state index contributed by atoms with van der Waals surface area (Å²) >= 11 is 4.26. The molecule has 1 unspecified atom stereocenters. The zero-order valence-corrected chi connectivity index (χ0v) is 9.52. The second-order valence-electron chi connectivity index (χ2n) is 3.59. The zero-order valence-electron chi connectivity index (χ0n) is 8.62. The summed E-state index contributed by atoms with van der Waals surface area (Å²) in [7, 11) is 0. The molecule has 2 heterocycles. The van der Waals surface area contributed by atoms with Crippen LogP contribution in [-0.2, 0) is 0 Å². The lowest BCUT2D eigenvalue weighted by atomic mass is 10.3. The van der Waals surface area contributed by atoms with Crippen LogP contribution >= 0.6 is 12.8 Å². The van der Waals surface area contributed by atoms with E-state index in [1.807, 2.05) is 12.3 Å². The predicted octanol–water partition coefficient (Wildman–Crippen LogP) is 0.0338. The number of nitrogens with zero attached hydrogens (tertiary/aromatic N) is 4. The van der Waals surface area contributed by atoms with Crippen LogP contribution in [0.5, 0.6) is 0 Å². The topological polar surface area (TPSA) is 57.5 Å². The Morgan fingerprint density at radius 1 is 1.60 bits per heavy atom. The molecule has 0 aromatic carbocycles. The van der Waals surface area contributed by atoms with Gasteiger partial charge in [0.15, 0.2) is 12.0 Å². The van der Waals surface area contributed by atoms with Crippen molar-refractivity contribution in [2.45, 2.75) is 26.1 Å². The van der Waals surface area contributed by atoms with E-state index in [9.17, 15) is 0 Å². The Morgan fingerprint density at radius 3 is 3.00 bits per heavy atom. The molecule has 0 fully saturated rings. The van der Waals surface area contributed by atoms with Crippen molar-refractivity contribution >= 4 is 18.7 Å². The van der Waals surface area contributed by atoms with Crippen molar-refractivity contribution in [1.82, 2.24) is 25.0 Å². The van der Waals surface area contributed by atoms with Crippen LogP contribution in [0.1, 0.15) is 13.8 Å². The molecule has 1 atom stereocenters. The lowest BCUT2D eigenvalue weighted by Gasteiger charge is -2.22. The summed E-state index contributed by atoms with van der Waals surface area (Å²) in [4.78, 5) is 0. The van der Waals surface area contributed by atoms with Gasteiger partial charge >= 0.3 is 0 Å². The maximum absolute atomic E-state index is 4.26. The Morgan fingerprint density at radius 2 is 2.40 bits per heavy atom. The minimum absolute atomic E-state index is 0.0896. The van der Waals surface area contributed by atoms with Gasteiger partial charge in [0.05, 0.1) is 0 Å². The minimum Gasteiger partial charge on any atom is -0.291 e. The first-order valence-electron chi connectivity index (χ1n) is 4.76. The maximum Gasteiger partial charge on any atom is 0.185 e. The number of aromatic nitrogens is 2. The zero-order chi connectivity index (χ0) is 10.8. The summed E-state index contributed by atoms with van der Waals surface area (Å²) < 4.78 is 3.32. The average Bonchev–Trinajstić information content (AvgIpc) is 2.76. The SMILES string of the molecule is CC(C)NC1C(n2cccn2)=NNN1S. The van der Waals surface area contributed by atoms with Gasteiger partial charge in [0.25, 0.3) is 0 Å². The van der Waals surface area contributed by atoms with Crippen LogP contribution in [0.4, 0.5) is 0 Å². The molecule has 6 nitrogen and oxygen atoms in total. The predicted molar refractivity (Wildman–Crippen MR) is 61.1 cm³/mol. The second kappa shape index (κ2) is 4.21. The van der Waals surface area contributed by atoms with E-state index in [0.717, 1.165) is 5.84 Å². The molecular formula is C8H14N6S. The average molecular weight is 226 g/mol. The summed E-state index contributed by atoms with van der Waals surface area (Å²) in [5.74, 6) is 0.781. The lowest BCUT2D eigenvalue weighted by molar-refractivity contribution is 0.308. The largest absolute Gasteiger partial charge is 0.291 e. The van der Waals surface area contributed by atoms with E-state index in [4.69, 9.17) is 0 Å². The van der Waals surface area contributed by atoms with Crippen LogP contribution in [0.2, 0.25) is 0 Å². The smallest absolute Gasteiger partial charge is 0.185 e. The van der Waals surface area contributed by atoms with Crippen LogP contribution in [0.3, 0.4) is 0 Å². The van der Waals surface area contributed by atoms with Gasteiger partial charge in [-0.1, -0.05) is 12.8 Å². The van der Waals surface area contributed by atoms with Crippen molar-refractivity contribution in [1.29, 1.82) is 0 Å². The minimum atomic E-state index is -0.0896. The number of hydrazine groups is 1. The number of rotatable bonds is 2. The summed E-state index contributed by atoms with van der Waals surface area (Å²) in [6.07, 6.45) is 3.48. The molecule has 82 valence electrons. The van der Waals surface area contributed by atoms with Crippen LogP contribution in [0.25, 0.3) is 0 Å². The van der Waals surface area contributed by atoms with E-state index in [-0.39, 0.29) is 6.17 Å². The fraction of sp³-hybridized carbons (Fsp3) is 0.500. The van der Waals surface area contributed by atoms with Gasteiger partial charge in [-0.15, -0.1) is 9.52 Å². The molecule has 0 aliphatic carbocycles. The summed E-state index contributed by atoms with van der Waals surface area (Å²) in [6, 6.07) is 2.20. The molecule has 0 spiro atoms. The molecule has 0 radical (unpaired) electrons. The Bertz CT molecular complexity index is 346. The highest BCUT2D eigenvalue weighted by Crippen LogP contribution is 2.08. The highest BCUT2D eigenvalue weighted by atomic mass is 32.1. The van der Waals surface area contributed by atoms with Gasteiger partial charge in [0, 0.05) is 18.4 Å². The monoisotopic (exact) mass is 226 g/mol. The van der Waals surface area contributed by atoms with Gasteiger partial charge in [-0.3, -0.25) is 5.32 Å². The van der Waals surface area contributed by atoms with Gasteiger partial charge in [-0.05, 0) is 19.9 Å². The van der Waals surface area contributed by atoms with Crippen LogP contribution in [0.15, 0.2) is 23.6 Å². The number of thiol groups is 1. The first-order valence-corrected chi connectivity index (χ1v) is 5.16. The van der Waals surface area contributed by atoms with Gasteiger partial charge in [0.1, 0.15) is 0 Å². The van der Waals surface area contributed by atoms with Crippen LogP contribution in [-0.4, -0.2) is 32.2 Å². The molecule has 2 N–H and O–H groups in total. The Kier molecular flexibility index (Phi) is 2.94. The van der Waals surface area contributed by atoms with Gasteiger partial charge in [0.2, 0.25) is 0 Å². The third-order valence-electron chi connectivity index (χ3n) is 1.99. The van der Waals surface area contributed by atoms with E-state index < -0.39 is 0 Å². The third kappa shape index (κ3) is 2.14. The van der Waals surface area contributed by atoms with Gasteiger partial charge in [-0.2, -0.15) is 5.10 Å². The quantitative estimate of drug-likeness (QED) is 0.623. The Balaban J connectivity index is 2.17. The molecule has 0 bridgehead atoms. The molecule has 7 heteroatoms. The van der Waals surface area contributed by atoms with Crippen molar-refractivity contribution in [3.05, 3.63) is 18.5 Å². The van der Waals surface area contributed by atoms with Crippen molar-refractivity contribution in [2.24, 2.45) is 5.10 Å². The highest BCUT2D eigenvalue weighted by Gasteiger charge is 2.29. The van der Waals surface area contributed by atoms with E-state index in [1.54, 1.807) is 15.3 Å². The summed E-state index contributed by atoms with van der Waals surface area (Å²) in [5.41, 5.74) is 2.78. The number of hydrazone groups is 1. The normalized spacial score (nSPS) is 21.9. The first kappa shape index (κ1) is 10.5. The van der Waals surface area contributed by atoms with Crippen molar-refractivity contribution in [2.75, 3.05) is 0 Å². The van der Waals surface area contributed by atoms with Crippen molar-refractivity contribution < 1.29 is 0 Å². The van der Waals surface area contributed by atoms with Gasteiger partial charge in [-0.25, -0.2) is 10.2 Å². The molecule has 2 rings (SSSR count). The fourth-order valence-corrected chi connectivity index (χ4v) is 1.59. The molecular weight excluding hydrogens is 212 g/mol. The summed E-state index contributed by atoms with van der Waals surface area (Å²) in [6.45, 7) is 4.14. The molecule has 0 amide bonds. The second-order valence-corrected chi connectivity index (χ2v) is 4.02. The standard InChI is InChI=1S/C8H14N6S/c1-6(2)10-7-8(11-12-14(7)15)13-5-3-4-9-13/h3-7,10,12,15H,1-2H3. The van der Waals surface area contributed by atoms with Gasteiger partial charge < -0.3 is 0 Å². The number of nitrogens with one attached hydrogen (secondary N) is 2. The molecule has 1 aliphatic rings. The highest BCUT2D eigenvalue weighted by molar-refractivity contribution is 7.77. The summed E-state index contributed by atoms with van der Waals surface area (Å²) in [5, 5.41) is 11.6. The third-order valence-corrected chi connectivity index (χ3v) is 2.31. The van der Waals surface area contributed by atoms with E-state index >= 15 is 0 Å². The molecule has 0 saturated carbocycles. The lowest BCUT2D eigenvalue weighted by Crippen LogP contribution is -2.49. The van der Waals surface area contributed by atoms with E-state index in [0.29, 0.717) is 6.04 Å². The first-order chi connectivity index (χ1) is 7.18. The maximum atomic E-state index is 4.26. The fourth-order valence-electron chi connectivity index (χ4n) is 1.37. The van der Waals surface area contributed by atoms with Crippen molar-refractivity contribution in [3.63, 3.8) is 0 Å². The Labute approximate surface area is 93.8 Å². The molecule has 0 saturated heterocycles. The van der Waals surface area contributed by atoms with E-state index in [1.165, 1.54) is 0 Å². The molecule has 1 aliphatic heterocycles. The van der Waals surface area contributed by atoms with Crippen LogP contribution < -0.4 is 10.9 Å². The molecule has 1 aromatic rings. The van der Waals surface area contributed by atoms with Crippen molar-refractivity contribution in [3.8, 4) is 0 Å². The van der Waals surface area contributed by atoms with Crippen LogP contribution in [0, 0.1) is 0 Å². The molecule has 1 aromatic heterocycles. The Hall–Kier alpha value is -1.05.